The Balaban J connectivity index is 1.30. The Morgan fingerprint density at radius 2 is 1.89 bits per heavy atom. The Morgan fingerprint density at radius 3 is 2.57 bits per heavy atom. The van der Waals surface area contributed by atoms with Crippen LogP contribution >= 0.6 is 0 Å². The molecule has 1 saturated heterocycles. The van der Waals surface area contributed by atoms with Crippen molar-refractivity contribution in [3.8, 4) is 40.9 Å². The van der Waals surface area contributed by atoms with Crippen LogP contribution in [-0.2, 0) is 26.3 Å². The summed E-state index contributed by atoms with van der Waals surface area (Å²) < 4.78 is 45.3. The molecule has 3 aromatic carbocycles. The summed E-state index contributed by atoms with van der Waals surface area (Å²) in [5.41, 5.74) is 3.58. The van der Waals surface area contributed by atoms with Gasteiger partial charge in [0.25, 0.3) is 5.91 Å². The van der Waals surface area contributed by atoms with Gasteiger partial charge in [-0.2, -0.15) is 18.4 Å². The van der Waals surface area contributed by atoms with E-state index in [4.69, 9.17) is 6.42 Å². The fourth-order valence-electron chi connectivity index (χ4n) is 6.91. The lowest BCUT2D eigenvalue weighted by Crippen LogP contribution is -2.23. The average molecular weight is 636 g/mol. The molecule has 11 heteroatoms. The quantitative estimate of drug-likeness (QED) is 0.173. The van der Waals surface area contributed by atoms with Gasteiger partial charge >= 0.3 is 6.18 Å². The predicted octanol–water partition coefficient (Wildman–Crippen LogP) is 6.62. The van der Waals surface area contributed by atoms with Crippen molar-refractivity contribution in [3.05, 3.63) is 82.7 Å². The average Bonchev–Trinajstić information content (AvgIpc) is 3.31. The summed E-state index contributed by atoms with van der Waals surface area (Å²) in [6, 6.07) is 15.6. The van der Waals surface area contributed by atoms with Crippen molar-refractivity contribution < 1.29 is 18.0 Å². The number of terminal acetylenes is 1. The third kappa shape index (κ3) is 5.84. The first kappa shape index (κ1) is 30.5. The molecular weight excluding hydrogens is 603 g/mol. The van der Waals surface area contributed by atoms with Crippen LogP contribution in [0, 0.1) is 29.1 Å². The Morgan fingerprint density at radius 1 is 1.06 bits per heavy atom. The number of nitrogens with one attached hydrogen (secondary N) is 1. The number of likely N-dealkylation sites (tertiary alicyclic amines) is 1. The number of aryl methyl sites for hydroxylation is 1. The molecule has 47 heavy (non-hydrogen) atoms. The molecule has 4 aromatic rings. The molecule has 0 bridgehead atoms. The van der Waals surface area contributed by atoms with Crippen molar-refractivity contribution in [2.45, 2.75) is 44.9 Å². The maximum atomic E-state index is 14.5. The first-order chi connectivity index (χ1) is 22.6. The largest absolute Gasteiger partial charge is 0.416 e. The first-order valence-electron chi connectivity index (χ1n) is 15.6. The molecule has 0 radical (unpaired) electrons. The zero-order valence-corrected chi connectivity index (χ0v) is 25.9. The maximum Gasteiger partial charge on any atom is 0.416 e. The molecule has 238 valence electrons. The van der Waals surface area contributed by atoms with Gasteiger partial charge in [-0.25, -0.2) is 0 Å². The summed E-state index contributed by atoms with van der Waals surface area (Å²) >= 11 is 0. The van der Waals surface area contributed by atoms with Gasteiger partial charge in [0.05, 0.1) is 23.7 Å². The van der Waals surface area contributed by atoms with Crippen LogP contribution in [0.5, 0.6) is 0 Å². The summed E-state index contributed by atoms with van der Waals surface area (Å²) in [6.45, 7) is 2.34. The summed E-state index contributed by atoms with van der Waals surface area (Å²) in [4.78, 5) is 17.6. The second-order valence-electron chi connectivity index (χ2n) is 12.8. The van der Waals surface area contributed by atoms with Gasteiger partial charge in [-0.15, -0.1) is 22.5 Å². The standard InChI is InChI=1S/C36H32F3N7O/c1-3-4-10-41-26-15-25(29-12-23(18-40)5-6-28(29)33-43-42-22-44(33)2)16-27(17-26)46-20-31-30(34(46)47)13-24(14-32(31)36(37,38)39)19-45-11-9-35(21-45)7-8-35/h1,5-6,12-17,22,41H,4,7-11,19-21H2,2H3. The fourth-order valence-corrected chi connectivity index (χ4v) is 6.91. The van der Waals surface area contributed by atoms with Crippen molar-refractivity contribution in [3.63, 3.8) is 0 Å². The van der Waals surface area contributed by atoms with Crippen LogP contribution in [0.1, 0.15) is 58.3 Å². The van der Waals surface area contributed by atoms with Gasteiger partial charge in [0.1, 0.15) is 6.33 Å². The molecule has 1 aromatic heterocycles. The van der Waals surface area contributed by atoms with Crippen LogP contribution in [0.4, 0.5) is 24.5 Å². The predicted molar refractivity (Wildman–Crippen MR) is 172 cm³/mol. The number of hydrogen-bond acceptors (Lipinski definition) is 6. The summed E-state index contributed by atoms with van der Waals surface area (Å²) in [5, 5.41) is 21.3. The van der Waals surface area contributed by atoms with Crippen LogP contribution in [0.15, 0.2) is 54.9 Å². The zero-order chi connectivity index (χ0) is 32.9. The smallest absolute Gasteiger partial charge is 0.384 e. The van der Waals surface area contributed by atoms with Gasteiger partial charge in [0, 0.05) is 55.6 Å². The van der Waals surface area contributed by atoms with E-state index >= 15 is 0 Å². The van der Waals surface area contributed by atoms with Crippen LogP contribution < -0.4 is 10.2 Å². The summed E-state index contributed by atoms with van der Waals surface area (Å²) in [5.74, 6) is 2.67. The molecule has 2 fully saturated rings. The van der Waals surface area contributed by atoms with Gasteiger partial charge < -0.3 is 14.8 Å². The SMILES string of the molecule is C#CCCNc1cc(-c2cc(C#N)ccc2-c2nncn2C)cc(N2Cc3c(cc(CN4CCC5(CC5)C4)cc3C(F)(F)F)C2=O)c1. The Hall–Kier alpha value is -5.13. The topological polar surface area (TPSA) is 90.1 Å². The zero-order valence-electron chi connectivity index (χ0n) is 25.9. The van der Waals surface area contributed by atoms with Crippen LogP contribution in [0.2, 0.25) is 0 Å². The van der Waals surface area contributed by atoms with Crippen molar-refractivity contribution >= 4 is 17.3 Å². The molecule has 3 heterocycles. The molecule has 7 rings (SSSR count). The molecular formula is C36H32F3N7O. The third-order valence-electron chi connectivity index (χ3n) is 9.53. The monoisotopic (exact) mass is 635 g/mol. The number of hydrogen-bond donors (Lipinski definition) is 1. The second kappa shape index (κ2) is 11.6. The normalized spacial score (nSPS) is 16.7. The van der Waals surface area contributed by atoms with Gasteiger partial charge in [-0.1, -0.05) is 0 Å². The van der Waals surface area contributed by atoms with Gasteiger partial charge in [0.2, 0.25) is 0 Å². The fraction of sp³-hybridized carbons (Fsp3) is 0.333. The highest BCUT2D eigenvalue weighted by Gasteiger charge is 2.47. The van der Waals surface area contributed by atoms with Gasteiger partial charge in [0.15, 0.2) is 5.82 Å². The highest BCUT2D eigenvalue weighted by molar-refractivity contribution is 6.11. The van der Waals surface area contributed by atoms with E-state index in [9.17, 15) is 23.2 Å². The highest BCUT2D eigenvalue weighted by atomic mass is 19.4. The molecule has 1 aliphatic carbocycles. The second-order valence-corrected chi connectivity index (χ2v) is 12.8. The molecule has 0 atom stereocenters. The Bertz CT molecular complexity index is 1980. The van der Waals surface area contributed by atoms with Crippen molar-refractivity contribution in [2.75, 3.05) is 29.9 Å². The molecule has 1 amide bonds. The molecule has 3 aliphatic rings. The number of rotatable bonds is 8. The minimum Gasteiger partial charge on any atom is -0.384 e. The lowest BCUT2D eigenvalue weighted by atomic mass is 9.95. The Labute approximate surface area is 270 Å². The minimum absolute atomic E-state index is 0.0233. The highest BCUT2D eigenvalue weighted by Crippen LogP contribution is 2.53. The lowest BCUT2D eigenvalue weighted by molar-refractivity contribution is -0.138. The molecule has 1 N–H and O–H groups in total. The third-order valence-corrected chi connectivity index (χ3v) is 9.53. The number of amides is 1. The number of aromatic nitrogens is 3. The van der Waals surface area contributed by atoms with E-state index in [0.717, 1.165) is 19.5 Å². The maximum absolute atomic E-state index is 14.5. The number of benzene rings is 3. The van der Waals surface area contributed by atoms with E-state index in [-0.39, 0.29) is 17.7 Å². The number of anilines is 2. The molecule has 8 nitrogen and oxygen atoms in total. The van der Waals surface area contributed by atoms with Crippen LogP contribution in [-0.4, -0.2) is 45.2 Å². The molecule has 0 unspecified atom stereocenters. The van der Waals surface area contributed by atoms with Crippen molar-refractivity contribution in [1.82, 2.24) is 19.7 Å². The van der Waals surface area contributed by atoms with Crippen LogP contribution in [0.3, 0.4) is 0 Å². The van der Waals surface area contributed by atoms with Crippen LogP contribution in [0.25, 0.3) is 22.5 Å². The number of fused-ring (bicyclic) bond motifs is 1. The molecule has 2 aliphatic heterocycles. The van der Waals surface area contributed by atoms with E-state index < -0.39 is 17.6 Å². The number of halogens is 3. The number of alkyl halides is 3. The summed E-state index contributed by atoms with van der Waals surface area (Å²) in [6.07, 6.45) is 6.29. The van der Waals surface area contributed by atoms with E-state index in [1.165, 1.54) is 23.8 Å². The summed E-state index contributed by atoms with van der Waals surface area (Å²) in [7, 11) is 1.81. The molecule has 1 spiro atoms. The Kier molecular flexibility index (Phi) is 7.53. The van der Waals surface area contributed by atoms with E-state index in [2.05, 4.69) is 32.4 Å². The number of carbonyl (C=O) groups is 1. The van der Waals surface area contributed by atoms with E-state index in [0.29, 0.717) is 69.9 Å². The molecule has 1 saturated carbocycles. The van der Waals surface area contributed by atoms with Crippen molar-refractivity contribution in [1.29, 1.82) is 5.26 Å². The van der Waals surface area contributed by atoms with Gasteiger partial charge in [-0.05, 0) is 102 Å². The lowest BCUT2D eigenvalue weighted by Gasteiger charge is -2.20. The minimum atomic E-state index is -4.62. The van der Waals surface area contributed by atoms with E-state index in [1.807, 2.05) is 6.07 Å². The van der Waals surface area contributed by atoms with E-state index in [1.54, 1.807) is 54.3 Å². The van der Waals surface area contributed by atoms with Gasteiger partial charge in [-0.3, -0.25) is 9.69 Å². The van der Waals surface area contributed by atoms with Crippen molar-refractivity contribution in [2.24, 2.45) is 12.5 Å². The number of nitrogens with zero attached hydrogens (tertiary/aromatic N) is 6. The number of nitriles is 1. The number of carbonyl (C=O) groups excluding carboxylic acids is 1. The first-order valence-corrected chi connectivity index (χ1v) is 15.6.